The number of benzene rings is 2. The first kappa shape index (κ1) is 18.7. The molecule has 1 aromatic heterocycles. The highest BCUT2D eigenvalue weighted by Crippen LogP contribution is 2.19. The number of hydrogen-bond acceptors (Lipinski definition) is 4. The van der Waals surface area contributed by atoms with E-state index in [1.54, 1.807) is 24.3 Å². The van der Waals surface area contributed by atoms with E-state index in [1.807, 2.05) is 17.2 Å². The number of carbonyl (C=O) groups excluding carboxylic acids is 1. The molecule has 5 nitrogen and oxygen atoms in total. The van der Waals surface area contributed by atoms with Gasteiger partial charge in [-0.25, -0.2) is 0 Å². The molecule has 3 aromatic rings. The minimum atomic E-state index is 0.0152. The van der Waals surface area contributed by atoms with Crippen LogP contribution in [-0.2, 0) is 11.3 Å². The van der Waals surface area contributed by atoms with Gasteiger partial charge < -0.3 is 9.64 Å². The van der Waals surface area contributed by atoms with E-state index >= 15 is 0 Å². The lowest BCUT2D eigenvalue weighted by atomic mass is 10.1. The van der Waals surface area contributed by atoms with Crippen molar-refractivity contribution in [2.45, 2.75) is 6.54 Å². The van der Waals surface area contributed by atoms with E-state index in [2.05, 4.69) is 34.1 Å². The van der Waals surface area contributed by atoms with Crippen LogP contribution in [0.5, 0.6) is 5.75 Å². The molecule has 0 bridgehead atoms. The Kier molecular flexibility index (Phi) is 5.74. The van der Waals surface area contributed by atoms with Gasteiger partial charge in [-0.3, -0.25) is 14.7 Å². The van der Waals surface area contributed by atoms with Gasteiger partial charge in [0.15, 0.2) is 6.61 Å². The van der Waals surface area contributed by atoms with Crippen LogP contribution in [-0.4, -0.2) is 53.5 Å². The highest BCUT2D eigenvalue weighted by atomic mass is 35.5. The molecule has 0 unspecified atom stereocenters. The maximum absolute atomic E-state index is 12.4. The van der Waals surface area contributed by atoms with Crippen molar-refractivity contribution >= 4 is 28.4 Å². The van der Waals surface area contributed by atoms with Gasteiger partial charge in [0.25, 0.3) is 5.91 Å². The number of rotatable bonds is 5. The number of fused-ring (bicyclic) bond motifs is 1. The number of para-hydroxylation sites is 1. The molecule has 28 heavy (non-hydrogen) atoms. The Morgan fingerprint density at radius 1 is 1.00 bits per heavy atom. The Bertz CT molecular complexity index is 948. The molecule has 1 aliphatic heterocycles. The summed E-state index contributed by atoms with van der Waals surface area (Å²) in [4.78, 5) is 21.2. The summed E-state index contributed by atoms with van der Waals surface area (Å²) in [6.07, 6.45) is 1.84. The molecule has 0 atom stereocenters. The van der Waals surface area contributed by atoms with Gasteiger partial charge in [0.1, 0.15) is 5.75 Å². The molecule has 1 fully saturated rings. The fourth-order valence-corrected chi connectivity index (χ4v) is 3.58. The van der Waals surface area contributed by atoms with E-state index in [-0.39, 0.29) is 12.5 Å². The third-order valence-electron chi connectivity index (χ3n) is 5.01. The van der Waals surface area contributed by atoms with Crippen molar-refractivity contribution in [3.05, 3.63) is 71.4 Å². The van der Waals surface area contributed by atoms with Crippen molar-refractivity contribution in [2.75, 3.05) is 32.8 Å². The zero-order valence-corrected chi connectivity index (χ0v) is 16.3. The average Bonchev–Trinajstić information content (AvgIpc) is 2.74. The normalized spacial score (nSPS) is 15.0. The minimum Gasteiger partial charge on any atom is -0.484 e. The fourth-order valence-electron chi connectivity index (χ4n) is 3.46. The van der Waals surface area contributed by atoms with Gasteiger partial charge in [-0.15, -0.1) is 0 Å². The first-order valence-electron chi connectivity index (χ1n) is 9.40. The van der Waals surface area contributed by atoms with Gasteiger partial charge in [0.05, 0.1) is 5.52 Å². The predicted molar refractivity (Wildman–Crippen MR) is 111 cm³/mol. The molecule has 144 valence electrons. The van der Waals surface area contributed by atoms with Crippen molar-refractivity contribution in [1.29, 1.82) is 0 Å². The molecule has 2 heterocycles. The van der Waals surface area contributed by atoms with Gasteiger partial charge in [0.2, 0.25) is 0 Å². The Balaban J connectivity index is 1.29. The summed E-state index contributed by atoms with van der Waals surface area (Å²) in [5.74, 6) is 0.668. The van der Waals surface area contributed by atoms with E-state index < -0.39 is 0 Å². The molecular formula is C22H22ClN3O2. The number of nitrogens with zero attached hydrogens (tertiary/aromatic N) is 3. The molecule has 1 amide bonds. The van der Waals surface area contributed by atoms with Crippen molar-refractivity contribution < 1.29 is 9.53 Å². The van der Waals surface area contributed by atoms with Gasteiger partial charge >= 0.3 is 0 Å². The summed E-state index contributed by atoms with van der Waals surface area (Å²) in [5, 5.41) is 1.81. The second-order valence-electron chi connectivity index (χ2n) is 6.89. The van der Waals surface area contributed by atoms with Crippen LogP contribution in [0, 0.1) is 0 Å². The number of carbonyl (C=O) groups is 1. The van der Waals surface area contributed by atoms with Crippen LogP contribution in [0.15, 0.2) is 60.8 Å². The Morgan fingerprint density at radius 3 is 2.54 bits per heavy atom. The second kappa shape index (κ2) is 8.59. The van der Waals surface area contributed by atoms with Crippen LogP contribution in [0.1, 0.15) is 5.56 Å². The third-order valence-corrected chi connectivity index (χ3v) is 5.26. The first-order valence-corrected chi connectivity index (χ1v) is 9.78. The largest absolute Gasteiger partial charge is 0.484 e. The highest BCUT2D eigenvalue weighted by molar-refractivity contribution is 6.30. The standard InChI is InChI=1S/C22H22ClN3O2/c23-19-6-8-20(9-7-19)28-16-21(27)26-13-11-25(12-14-26)15-18-4-1-3-17-5-2-10-24-22(17)18/h1-10H,11-16H2. The zero-order valence-electron chi connectivity index (χ0n) is 15.6. The lowest BCUT2D eigenvalue weighted by molar-refractivity contribution is -0.135. The summed E-state index contributed by atoms with van der Waals surface area (Å²) in [6.45, 7) is 4.00. The molecule has 0 spiro atoms. The number of hydrogen-bond donors (Lipinski definition) is 0. The summed E-state index contributed by atoms with van der Waals surface area (Å²) in [7, 11) is 0. The smallest absolute Gasteiger partial charge is 0.260 e. The summed E-state index contributed by atoms with van der Waals surface area (Å²) in [6, 6.07) is 17.4. The number of aromatic nitrogens is 1. The van der Waals surface area contributed by atoms with E-state index in [1.165, 1.54) is 5.56 Å². The van der Waals surface area contributed by atoms with E-state index in [9.17, 15) is 4.79 Å². The topological polar surface area (TPSA) is 45.7 Å². The lowest BCUT2D eigenvalue weighted by Crippen LogP contribution is -2.49. The molecule has 6 heteroatoms. The maximum atomic E-state index is 12.4. The van der Waals surface area contributed by atoms with E-state index in [0.29, 0.717) is 23.9 Å². The van der Waals surface area contributed by atoms with Crippen molar-refractivity contribution in [3.8, 4) is 5.75 Å². The number of ether oxygens (including phenoxy) is 1. The number of pyridine rings is 1. The summed E-state index contributed by atoms with van der Waals surface area (Å²) in [5.41, 5.74) is 2.28. The zero-order chi connectivity index (χ0) is 19.3. The molecule has 2 aromatic carbocycles. The number of piperazine rings is 1. The Labute approximate surface area is 169 Å². The molecule has 0 radical (unpaired) electrons. The van der Waals surface area contributed by atoms with Crippen LogP contribution in [0.3, 0.4) is 0 Å². The van der Waals surface area contributed by atoms with Crippen LogP contribution in [0.2, 0.25) is 5.02 Å². The molecule has 1 aliphatic rings. The van der Waals surface area contributed by atoms with Crippen molar-refractivity contribution in [3.63, 3.8) is 0 Å². The molecular weight excluding hydrogens is 374 g/mol. The third kappa shape index (κ3) is 4.43. The predicted octanol–water partition coefficient (Wildman–Crippen LogP) is 3.61. The van der Waals surface area contributed by atoms with Crippen LogP contribution >= 0.6 is 11.6 Å². The van der Waals surface area contributed by atoms with E-state index in [0.717, 1.165) is 30.5 Å². The van der Waals surface area contributed by atoms with Crippen LogP contribution < -0.4 is 4.74 Å². The SMILES string of the molecule is O=C(COc1ccc(Cl)cc1)N1CCN(Cc2cccc3cccnc23)CC1. The summed E-state index contributed by atoms with van der Waals surface area (Å²) < 4.78 is 5.57. The van der Waals surface area contributed by atoms with Gasteiger partial charge in [-0.05, 0) is 35.9 Å². The van der Waals surface area contributed by atoms with Gasteiger partial charge in [0, 0.05) is 49.3 Å². The average molecular weight is 396 g/mol. The Morgan fingerprint density at radius 2 is 1.75 bits per heavy atom. The van der Waals surface area contributed by atoms with Crippen LogP contribution in [0.25, 0.3) is 10.9 Å². The molecule has 0 N–H and O–H groups in total. The number of halogens is 1. The second-order valence-corrected chi connectivity index (χ2v) is 7.33. The molecule has 0 saturated carbocycles. The lowest BCUT2D eigenvalue weighted by Gasteiger charge is -2.34. The van der Waals surface area contributed by atoms with Crippen molar-refractivity contribution in [2.24, 2.45) is 0 Å². The number of amides is 1. The highest BCUT2D eigenvalue weighted by Gasteiger charge is 2.22. The molecule has 1 saturated heterocycles. The molecule has 0 aliphatic carbocycles. The van der Waals surface area contributed by atoms with E-state index in [4.69, 9.17) is 16.3 Å². The first-order chi connectivity index (χ1) is 13.7. The fraction of sp³-hybridized carbons (Fsp3) is 0.273. The van der Waals surface area contributed by atoms with Gasteiger partial charge in [-0.2, -0.15) is 0 Å². The van der Waals surface area contributed by atoms with Crippen LogP contribution in [0.4, 0.5) is 0 Å². The van der Waals surface area contributed by atoms with Gasteiger partial charge in [-0.1, -0.05) is 35.9 Å². The quantitative estimate of drug-likeness (QED) is 0.662. The Hall–Kier alpha value is -2.63. The molecule has 4 rings (SSSR count). The minimum absolute atomic E-state index is 0.0152. The maximum Gasteiger partial charge on any atom is 0.260 e. The monoisotopic (exact) mass is 395 g/mol. The summed E-state index contributed by atoms with van der Waals surface area (Å²) >= 11 is 5.86. The van der Waals surface area contributed by atoms with Crippen molar-refractivity contribution in [1.82, 2.24) is 14.8 Å².